The molecule has 5 aromatic carbocycles. The number of aromatic amines is 2. The number of ether oxygens (including phenoxy) is 3. The summed E-state index contributed by atoms with van der Waals surface area (Å²) in [4.78, 5) is 74.8. The second-order valence-corrected chi connectivity index (χ2v) is 19.5. The number of amides is 4. The third-order valence-electron chi connectivity index (χ3n) is 14.3. The molecule has 4 N–H and O–H groups in total. The van der Waals surface area contributed by atoms with Gasteiger partial charge in [-0.1, -0.05) is 94.4 Å². The average Bonchev–Trinajstić information content (AvgIpc) is 3.93. The molecule has 15 nitrogen and oxygen atoms in total. The van der Waals surface area contributed by atoms with Gasteiger partial charge in [0, 0.05) is 36.4 Å². The number of aromatic nitrogens is 4. The Kier molecular flexibility index (Phi) is 11.1. The van der Waals surface area contributed by atoms with Crippen LogP contribution in [-0.2, 0) is 23.8 Å². The first-order chi connectivity index (χ1) is 32.3. The normalized spacial score (nSPS) is 22.3. The van der Waals surface area contributed by atoms with E-state index in [0.717, 1.165) is 67.0 Å². The molecule has 1 saturated carbocycles. The quantitative estimate of drug-likeness (QED) is 0.104. The summed E-state index contributed by atoms with van der Waals surface area (Å²) in [5, 5.41) is 9.63. The van der Waals surface area contributed by atoms with Crippen molar-refractivity contribution in [3.8, 4) is 11.1 Å². The van der Waals surface area contributed by atoms with Crippen LogP contribution in [0.15, 0.2) is 91.0 Å². The minimum atomic E-state index is -0.945. The van der Waals surface area contributed by atoms with Crippen molar-refractivity contribution >= 4 is 67.6 Å². The third kappa shape index (κ3) is 7.88. The molecule has 15 heteroatoms. The SMILES string of the molecule is COC[C@H]1C[C@@H](c2nc3c(ccc4cc(-c5ccc6c(ccc7[nH]c([C@@H]8CC9C([C@@H]9C)N8C(=O)C(NC(=O)OC)C(C)(C)C)nc76)c5)ccc43)[nH]2)N(C(=O)[C@H](NC(=O)OC)c2ccccc2)C1. The van der Waals surface area contributed by atoms with Gasteiger partial charge in [0.1, 0.15) is 23.7 Å². The molecule has 0 bridgehead atoms. The number of nitrogens with zero attached hydrogens (tertiary/aromatic N) is 4. The highest BCUT2D eigenvalue weighted by molar-refractivity contribution is 6.07. The van der Waals surface area contributed by atoms with E-state index in [1.54, 1.807) is 12.0 Å². The molecule has 4 amide bonds. The van der Waals surface area contributed by atoms with Crippen molar-refractivity contribution in [1.29, 1.82) is 0 Å². The van der Waals surface area contributed by atoms with Gasteiger partial charge in [0.2, 0.25) is 5.91 Å². The predicted octanol–water partition coefficient (Wildman–Crippen LogP) is 8.72. The number of methoxy groups -OCH3 is 3. The first-order valence-electron chi connectivity index (χ1n) is 23.0. The first-order valence-corrected chi connectivity index (χ1v) is 23.0. The molecule has 2 aliphatic heterocycles. The molecule has 346 valence electrons. The standard InChI is InChI=1S/C52H56N8O7/c1-27-36-24-40(60(44(27)36)49(62)45(52(2,3)4)58-51(64)67-7)47-54-38-20-16-33-23-31(14-18-35(33)43(38)56-47)30-13-17-34-32(22-30)15-19-37-42(34)55-46(53-37)39-21-28(26-65-5)25-59(39)48(61)41(57-50(63)66-6)29-11-9-8-10-12-29/h8-20,22-23,27-28,36,39-41,44-45H,21,24-26H2,1-7H3,(H,53,55)(H,54,56)(H,57,63)(H,58,64)/t27-,28+,36?,39+,40+,41-,44?,45?/m1/s1. The molecule has 67 heavy (non-hydrogen) atoms. The van der Waals surface area contributed by atoms with Gasteiger partial charge < -0.3 is 44.6 Å². The number of carbonyl (C=O) groups is 4. The number of imidazole rings is 2. The molecule has 10 rings (SSSR count). The van der Waals surface area contributed by atoms with E-state index in [0.29, 0.717) is 42.8 Å². The number of hydrogen-bond donors (Lipinski definition) is 4. The summed E-state index contributed by atoms with van der Waals surface area (Å²) in [7, 11) is 4.25. The summed E-state index contributed by atoms with van der Waals surface area (Å²) in [6.07, 6.45) is 0.130. The summed E-state index contributed by atoms with van der Waals surface area (Å²) < 4.78 is 15.4. The van der Waals surface area contributed by atoms with Gasteiger partial charge in [-0.05, 0) is 81.8 Å². The fourth-order valence-corrected chi connectivity index (χ4v) is 10.8. The van der Waals surface area contributed by atoms with Crippen LogP contribution in [0.3, 0.4) is 0 Å². The summed E-state index contributed by atoms with van der Waals surface area (Å²) in [6.45, 7) is 8.95. The monoisotopic (exact) mass is 904 g/mol. The minimum Gasteiger partial charge on any atom is -0.453 e. The molecule has 2 aromatic heterocycles. The van der Waals surface area contributed by atoms with Crippen molar-refractivity contribution in [2.24, 2.45) is 23.2 Å². The molecule has 0 spiro atoms. The van der Waals surface area contributed by atoms with Crippen LogP contribution in [0.4, 0.5) is 9.59 Å². The summed E-state index contributed by atoms with van der Waals surface area (Å²) >= 11 is 0. The van der Waals surface area contributed by atoms with Crippen molar-refractivity contribution in [3.05, 3.63) is 108 Å². The maximum atomic E-state index is 14.4. The molecule has 3 unspecified atom stereocenters. The summed E-state index contributed by atoms with van der Waals surface area (Å²) in [5.41, 5.74) is 5.65. The Bertz CT molecular complexity index is 3070. The molecular weight excluding hydrogens is 849 g/mol. The predicted molar refractivity (Wildman–Crippen MR) is 255 cm³/mol. The fraction of sp³-hybridized carbons (Fsp3) is 0.385. The van der Waals surface area contributed by atoms with Crippen molar-refractivity contribution in [2.45, 2.75) is 70.7 Å². The van der Waals surface area contributed by atoms with E-state index in [-0.39, 0.29) is 35.9 Å². The first kappa shape index (κ1) is 43.9. The van der Waals surface area contributed by atoms with E-state index in [1.165, 1.54) is 14.2 Å². The second kappa shape index (κ2) is 17.0. The van der Waals surface area contributed by atoms with Gasteiger partial charge >= 0.3 is 12.2 Å². The number of alkyl carbamates (subject to hydrolysis) is 2. The maximum absolute atomic E-state index is 14.4. The van der Waals surface area contributed by atoms with Gasteiger partial charge in [-0.15, -0.1) is 0 Å². The lowest BCUT2D eigenvalue weighted by Gasteiger charge is -2.36. The summed E-state index contributed by atoms with van der Waals surface area (Å²) in [6, 6.07) is 28.1. The van der Waals surface area contributed by atoms with Crippen LogP contribution in [0.5, 0.6) is 0 Å². The van der Waals surface area contributed by atoms with Crippen LogP contribution in [0.25, 0.3) is 54.7 Å². The number of piperidine rings is 1. The Morgan fingerprint density at radius 3 is 1.88 bits per heavy atom. The Morgan fingerprint density at radius 2 is 1.31 bits per heavy atom. The average molecular weight is 905 g/mol. The number of carbonyl (C=O) groups excluding carboxylic acids is 4. The molecule has 8 atom stereocenters. The number of fused-ring (bicyclic) bond motifs is 7. The van der Waals surface area contributed by atoms with Crippen LogP contribution >= 0.6 is 0 Å². The van der Waals surface area contributed by atoms with Crippen LogP contribution in [-0.4, -0.2) is 100 Å². The Hall–Kier alpha value is -7.00. The van der Waals surface area contributed by atoms with Gasteiger partial charge in [0.15, 0.2) is 0 Å². The zero-order valence-electron chi connectivity index (χ0n) is 38.8. The number of nitrogens with one attached hydrogen (secondary N) is 4. The van der Waals surface area contributed by atoms with Crippen molar-refractivity contribution < 1.29 is 33.4 Å². The van der Waals surface area contributed by atoms with Crippen molar-refractivity contribution in [3.63, 3.8) is 0 Å². The smallest absolute Gasteiger partial charge is 0.407 e. The molecule has 2 saturated heterocycles. The second-order valence-electron chi connectivity index (χ2n) is 19.5. The lowest BCUT2D eigenvalue weighted by molar-refractivity contribution is -0.138. The van der Waals surface area contributed by atoms with Gasteiger partial charge in [0.05, 0.1) is 55.0 Å². The topological polar surface area (TPSA) is 184 Å². The van der Waals surface area contributed by atoms with E-state index < -0.39 is 29.7 Å². The van der Waals surface area contributed by atoms with Gasteiger partial charge in [-0.25, -0.2) is 19.6 Å². The molecule has 0 radical (unpaired) electrons. The van der Waals surface area contributed by atoms with Gasteiger partial charge in [-0.3, -0.25) is 9.59 Å². The Labute approximate surface area is 387 Å². The minimum absolute atomic E-state index is 0.0709. The van der Waals surface area contributed by atoms with E-state index in [1.807, 2.05) is 62.1 Å². The van der Waals surface area contributed by atoms with Crippen LogP contribution < -0.4 is 10.6 Å². The van der Waals surface area contributed by atoms with Gasteiger partial charge in [0.25, 0.3) is 5.91 Å². The number of H-pyrrole nitrogens is 2. The molecule has 3 fully saturated rings. The number of benzene rings is 5. The third-order valence-corrected chi connectivity index (χ3v) is 14.3. The summed E-state index contributed by atoms with van der Waals surface area (Å²) in [5.74, 6) is 1.89. The number of hydrogen-bond acceptors (Lipinski definition) is 9. The van der Waals surface area contributed by atoms with Crippen molar-refractivity contribution in [2.75, 3.05) is 34.5 Å². The molecular formula is C52H56N8O7. The van der Waals surface area contributed by atoms with E-state index >= 15 is 0 Å². The number of likely N-dealkylation sites (tertiary alicyclic amines) is 2. The molecule has 3 aliphatic rings. The van der Waals surface area contributed by atoms with Crippen LogP contribution in [0.2, 0.25) is 0 Å². The van der Waals surface area contributed by atoms with E-state index in [9.17, 15) is 19.2 Å². The Balaban J connectivity index is 0.930. The lowest BCUT2D eigenvalue weighted by atomic mass is 9.85. The largest absolute Gasteiger partial charge is 0.453 e. The lowest BCUT2D eigenvalue weighted by Crippen LogP contribution is -2.55. The highest BCUT2D eigenvalue weighted by atomic mass is 16.5. The van der Waals surface area contributed by atoms with E-state index in [2.05, 4.69) is 82.1 Å². The van der Waals surface area contributed by atoms with E-state index in [4.69, 9.17) is 24.2 Å². The fourth-order valence-electron chi connectivity index (χ4n) is 10.8. The molecule has 1 aliphatic carbocycles. The van der Waals surface area contributed by atoms with Crippen molar-refractivity contribution in [1.82, 2.24) is 40.4 Å². The maximum Gasteiger partial charge on any atom is 0.407 e. The Morgan fingerprint density at radius 1 is 0.731 bits per heavy atom. The number of rotatable bonds is 10. The zero-order chi connectivity index (χ0) is 46.9. The van der Waals surface area contributed by atoms with Gasteiger partial charge in [-0.2, -0.15) is 0 Å². The van der Waals surface area contributed by atoms with Crippen LogP contribution in [0, 0.1) is 23.2 Å². The zero-order valence-corrected chi connectivity index (χ0v) is 38.8. The highest BCUT2D eigenvalue weighted by Crippen LogP contribution is 2.58. The van der Waals surface area contributed by atoms with Crippen LogP contribution in [0.1, 0.15) is 75.9 Å². The molecule has 4 heterocycles. The highest BCUT2D eigenvalue weighted by Gasteiger charge is 2.62. The molecule has 7 aromatic rings.